The molecule has 32 heavy (non-hydrogen) atoms. The second-order valence-electron chi connectivity index (χ2n) is 6.93. The van der Waals surface area contributed by atoms with Crippen LogP contribution >= 0.6 is 11.6 Å². The molecule has 2 aromatic carbocycles. The van der Waals surface area contributed by atoms with Gasteiger partial charge in [0, 0.05) is 31.3 Å². The largest absolute Gasteiger partial charge is 0.491 e. The molecule has 2 N–H and O–H groups in total. The van der Waals surface area contributed by atoms with Crippen molar-refractivity contribution < 1.29 is 9.47 Å². The van der Waals surface area contributed by atoms with Crippen molar-refractivity contribution in [2.45, 2.75) is 6.92 Å². The first-order valence-electron chi connectivity index (χ1n) is 10.0. The maximum absolute atomic E-state index is 6.36. The van der Waals surface area contributed by atoms with E-state index in [1.165, 1.54) is 6.33 Å². The van der Waals surface area contributed by atoms with Gasteiger partial charge >= 0.3 is 0 Å². The zero-order chi connectivity index (χ0) is 22.3. The van der Waals surface area contributed by atoms with Crippen molar-refractivity contribution in [2.75, 3.05) is 31.0 Å². The number of imidazole rings is 1. The fraction of sp³-hybridized carbons (Fsp3) is 0.174. The van der Waals surface area contributed by atoms with Crippen LogP contribution in [0.25, 0.3) is 5.82 Å². The number of anilines is 4. The van der Waals surface area contributed by atoms with Crippen LogP contribution in [0.4, 0.5) is 23.1 Å². The van der Waals surface area contributed by atoms with E-state index >= 15 is 0 Å². The van der Waals surface area contributed by atoms with Gasteiger partial charge in [-0.2, -0.15) is 0 Å². The van der Waals surface area contributed by atoms with E-state index in [1.807, 2.05) is 66.2 Å². The fourth-order valence-electron chi connectivity index (χ4n) is 3.06. The molecular weight excluding hydrogens is 428 g/mol. The minimum atomic E-state index is 0.507. The summed E-state index contributed by atoms with van der Waals surface area (Å²) in [6.07, 6.45) is 5.03. The van der Waals surface area contributed by atoms with E-state index in [0.29, 0.717) is 35.8 Å². The number of nitrogens with zero attached hydrogens (tertiary/aromatic N) is 4. The summed E-state index contributed by atoms with van der Waals surface area (Å²) in [7, 11) is 1.65. The number of hydrogen-bond acceptors (Lipinski definition) is 7. The molecule has 0 saturated heterocycles. The average molecular weight is 451 g/mol. The average Bonchev–Trinajstić information content (AvgIpc) is 3.26. The summed E-state index contributed by atoms with van der Waals surface area (Å²) in [5.74, 6) is 2.69. The molecule has 0 fully saturated rings. The van der Waals surface area contributed by atoms with Crippen molar-refractivity contribution in [3.8, 4) is 11.6 Å². The number of halogens is 1. The Labute approximate surface area is 191 Å². The van der Waals surface area contributed by atoms with Gasteiger partial charge in [-0.1, -0.05) is 23.7 Å². The van der Waals surface area contributed by atoms with Crippen LogP contribution in [0.5, 0.6) is 5.75 Å². The number of ether oxygens (including phenoxy) is 2. The molecule has 0 aliphatic carbocycles. The Bertz CT molecular complexity index is 1160. The third kappa shape index (κ3) is 5.16. The molecule has 9 heteroatoms. The van der Waals surface area contributed by atoms with Crippen molar-refractivity contribution in [3.05, 3.63) is 77.8 Å². The van der Waals surface area contributed by atoms with E-state index < -0.39 is 0 Å². The third-order valence-electron chi connectivity index (χ3n) is 4.68. The van der Waals surface area contributed by atoms with Gasteiger partial charge in [0.15, 0.2) is 0 Å². The molecule has 0 unspecified atom stereocenters. The van der Waals surface area contributed by atoms with Crippen molar-refractivity contribution in [1.82, 2.24) is 19.5 Å². The van der Waals surface area contributed by atoms with Gasteiger partial charge < -0.3 is 20.1 Å². The quantitative estimate of drug-likeness (QED) is 0.341. The normalized spacial score (nSPS) is 10.7. The highest BCUT2D eigenvalue weighted by Gasteiger charge is 2.11. The Balaban J connectivity index is 1.50. The summed E-state index contributed by atoms with van der Waals surface area (Å²) >= 11 is 6.36. The molecule has 8 nitrogen and oxygen atoms in total. The Hall–Kier alpha value is -3.62. The Morgan fingerprint density at radius 3 is 2.62 bits per heavy atom. The monoisotopic (exact) mass is 450 g/mol. The number of hydrogen-bond donors (Lipinski definition) is 2. The van der Waals surface area contributed by atoms with Crippen molar-refractivity contribution in [2.24, 2.45) is 0 Å². The molecule has 2 aromatic heterocycles. The smallest absolute Gasteiger partial charge is 0.213 e. The van der Waals surface area contributed by atoms with Crippen LogP contribution in [-0.4, -0.2) is 39.8 Å². The number of rotatable bonds is 9. The maximum atomic E-state index is 6.36. The van der Waals surface area contributed by atoms with Crippen LogP contribution in [0.1, 0.15) is 5.56 Å². The van der Waals surface area contributed by atoms with Crippen molar-refractivity contribution in [1.29, 1.82) is 0 Å². The molecule has 0 spiro atoms. The van der Waals surface area contributed by atoms with E-state index in [4.69, 9.17) is 21.1 Å². The lowest BCUT2D eigenvalue weighted by Gasteiger charge is -2.13. The predicted molar refractivity (Wildman–Crippen MR) is 126 cm³/mol. The van der Waals surface area contributed by atoms with Gasteiger partial charge in [-0.25, -0.2) is 15.0 Å². The van der Waals surface area contributed by atoms with Crippen LogP contribution in [0, 0.1) is 6.92 Å². The lowest BCUT2D eigenvalue weighted by Crippen LogP contribution is -2.05. The predicted octanol–water partition coefficient (Wildman–Crippen LogP) is 5.14. The number of aromatic nitrogens is 4. The van der Waals surface area contributed by atoms with Crippen LogP contribution in [-0.2, 0) is 4.74 Å². The lowest BCUT2D eigenvalue weighted by atomic mass is 10.2. The summed E-state index contributed by atoms with van der Waals surface area (Å²) in [4.78, 5) is 13.1. The number of benzene rings is 2. The van der Waals surface area contributed by atoms with Gasteiger partial charge in [0.05, 0.1) is 17.3 Å². The summed E-state index contributed by atoms with van der Waals surface area (Å²) in [6.45, 7) is 3.04. The van der Waals surface area contributed by atoms with Gasteiger partial charge in [-0.15, -0.1) is 0 Å². The highest BCUT2D eigenvalue weighted by atomic mass is 35.5. The lowest BCUT2D eigenvalue weighted by molar-refractivity contribution is 0.146. The van der Waals surface area contributed by atoms with E-state index in [-0.39, 0.29) is 0 Å². The first-order valence-corrected chi connectivity index (χ1v) is 10.4. The van der Waals surface area contributed by atoms with E-state index in [9.17, 15) is 0 Å². The standard InChI is InChI=1S/C23H23ClN6O2/c1-16-4-3-5-19(24)22(16)29-23-25-10-11-30(23)21-14-20(26-15-27-21)28-17-6-8-18(9-7-17)32-13-12-31-2/h3-11,14-15H,12-13H2,1-2H3,(H,25,29)(H,26,27,28). The molecule has 4 rings (SSSR count). The first-order chi connectivity index (χ1) is 15.6. The van der Waals surface area contributed by atoms with Crippen LogP contribution < -0.4 is 15.4 Å². The minimum absolute atomic E-state index is 0.507. The van der Waals surface area contributed by atoms with E-state index in [2.05, 4.69) is 25.6 Å². The zero-order valence-electron chi connectivity index (χ0n) is 17.7. The molecule has 0 aliphatic heterocycles. The summed E-state index contributed by atoms with van der Waals surface area (Å²) in [6, 6.07) is 15.2. The van der Waals surface area contributed by atoms with Gasteiger partial charge in [0.1, 0.15) is 30.3 Å². The van der Waals surface area contributed by atoms with E-state index in [1.54, 1.807) is 13.3 Å². The zero-order valence-corrected chi connectivity index (χ0v) is 18.5. The summed E-state index contributed by atoms with van der Waals surface area (Å²) < 4.78 is 12.4. The SMILES string of the molecule is COCCOc1ccc(Nc2cc(-n3ccnc3Nc3c(C)cccc3Cl)ncn2)cc1. The van der Waals surface area contributed by atoms with Crippen LogP contribution in [0.15, 0.2) is 67.3 Å². The highest BCUT2D eigenvalue weighted by molar-refractivity contribution is 6.33. The third-order valence-corrected chi connectivity index (χ3v) is 5.00. The topological polar surface area (TPSA) is 86.1 Å². The molecule has 4 aromatic rings. The molecule has 164 valence electrons. The van der Waals surface area contributed by atoms with Crippen molar-refractivity contribution >= 4 is 34.7 Å². The van der Waals surface area contributed by atoms with Crippen LogP contribution in [0.3, 0.4) is 0 Å². The molecule has 0 saturated carbocycles. The number of methoxy groups -OCH3 is 1. The molecular formula is C23H23ClN6O2. The first kappa shape index (κ1) is 21.6. The molecule has 0 atom stereocenters. The van der Waals surface area contributed by atoms with Crippen molar-refractivity contribution in [3.63, 3.8) is 0 Å². The van der Waals surface area contributed by atoms with Gasteiger partial charge in [-0.05, 0) is 42.8 Å². The Kier molecular flexibility index (Phi) is 6.84. The molecule has 0 bridgehead atoms. The Morgan fingerprint density at radius 1 is 1.00 bits per heavy atom. The summed E-state index contributed by atoms with van der Waals surface area (Å²) in [5.41, 5.74) is 2.71. The fourth-order valence-corrected chi connectivity index (χ4v) is 3.32. The van der Waals surface area contributed by atoms with Gasteiger partial charge in [0.25, 0.3) is 0 Å². The molecule has 2 heterocycles. The number of para-hydroxylation sites is 1. The molecule has 0 radical (unpaired) electrons. The minimum Gasteiger partial charge on any atom is -0.491 e. The number of nitrogens with one attached hydrogen (secondary N) is 2. The Morgan fingerprint density at radius 2 is 1.84 bits per heavy atom. The second-order valence-corrected chi connectivity index (χ2v) is 7.34. The number of aryl methyl sites for hydroxylation is 1. The van der Waals surface area contributed by atoms with Gasteiger partial charge in [0.2, 0.25) is 5.95 Å². The molecule has 0 amide bonds. The highest BCUT2D eigenvalue weighted by Crippen LogP contribution is 2.29. The van der Waals surface area contributed by atoms with Gasteiger partial charge in [-0.3, -0.25) is 4.57 Å². The van der Waals surface area contributed by atoms with Crippen LogP contribution in [0.2, 0.25) is 5.02 Å². The molecule has 0 aliphatic rings. The summed E-state index contributed by atoms with van der Waals surface area (Å²) in [5, 5.41) is 7.21. The maximum Gasteiger partial charge on any atom is 0.213 e. The second kappa shape index (κ2) is 10.1. The van der Waals surface area contributed by atoms with E-state index in [0.717, 1.165) is 22.7 Å².